The van der Waals surface area contributed by atoms with Gasteiger partial charge in [0, 0.05) is 0 Å². The SMILES string of the molecule is CC1(C)O[C@@H]2[C@H](O1)C(Nc1cncc(C(F)(F)F)n1)CO[C@@H]2CO. The average molecular weight is 349 g/mol. The van der Waals surface area contributed by atoms with Crippen LogP contribution in [0.5, 0.6) is 0 Å². The Labute approximate surface area is 136 Å². The highest BCUT2D eigenvalue weighted by molar-refractivity contribution is 5.35. The Morgan fingerprint density at radius 2 is 2.00 bits per heavy atom. The number of hydrogen-bond acceptors (Lipinski definition) is 7. The molecule has 10 heteroatoms. The highest BCUT2D eigenvalue weighted by Gasteiger charge is 2.51. The number of aliphatic hydroxyl groups is 1. The van der Waals surface area contributed by atoms with Gasteiger partial charge in [0.2, 0.25) is 0 Å². The van der Waals surface area contributed by atoms with Crippen LogP contribution in [0.25, 0.3) is 0 Å². The number of halogens is 3. The maximum Gasteiger partial charge on any atom is 0.434 e. The summed E-state index contributed by atoms with van der Waals surface area (Å²) >= 11 is 0. The number of ether oxygens (including phenoxy) is 3. The Balaban J connectivity index is 1.78. The summed E-state index contributed by atoms with van der Waals surface area (Å²) in [7, 11) is 0. The highest BCUT2D eigenvalue weighted by Crippen LogP contribution is 2.36. The molecule has 2 aliphatic heterocycles. The Hall–Kier alpha value is -1.49. The molecule has 0 saturated carbocycles. The number of nitrogens with one attached hydrogen (secondary N) is 1. The second kappa shape index (κ2) is 6.10. The summed E-state index contributed by atoms with van der Waals surface area (Å²) in [6.45, 7) is 3.34. The third-order valence-electron chi connectivity index (χ3n) is 3.85. The zero-order chi connectivity index (χ0) is 17.5. The van der Waals surface area contributed by atoms with Gasteiger partial charge in [0.25, 0.3) is 0 Å². The molecule has 1 unspecified atom stereocenters. The van der Waals surface area contributed by atoms with Crippen LogP contribution in [-0.4, -0.2) is 58.4 Å². The van der Waals surface area contributed by atoms with E-state index in [2.05, 4.69) is 15.3 Å². The predicted octanol–water partition coefficient (Wildman–Crippen LogP) is 1.19. The molecule has 24 heavy (non-hydrogen) atoms. The molecule has 2 fully saturated rings. The average Bonchev–Trinajstić information content (AvgIpc) is 2.83. The van der Waals surface area contributed by atoms with Crippen molar-refractivity contribution in [2.45, 2.75) is 50.2 Å². The van der Waals surface area contributed by atoms with E-state index in [4.69, 9.17) is 14.2 Å². The van der Waals surface area contributed by atoms with Gasteiger partial charge in [0.1, 0.15) is 24.1 Å². The van der Waals surface area contributed by atoms with E-state index >= 15 is 0 Å². The van der Waals surface area contributed by atoms with Crippen LogP contribution < -0.4 is 5.32 Å². The van der Waals surface area contributed by atoms with Gasteiger partial charge < -0.3 is 24.6 Å². The van der Waals surface area contributed by atoms with E-state index in [1.807, 2.05) is 0 Å². The third kappa shape index (κ3) is 3.46. The van der Waals surface area contributed by atoms with E-state index in [0.717, 1.165) is 0 Å². The second-order valence-electron chi connectivity index (χ2n) is 6.16. The van der Waals surface area contributed by atoms with E-state index in [1.54, 1.807) is 13.8 Å². The van der Waals surface area contributed by atoms with Crippen LogP contribution >= 0.6 is 0 Å². The normalized spacial score (nSPS) is 32.4. The molecular weight excluding hydrogens is 331 g/mol. The van der Waals surface area contributed by atoms with Crippen molar-refractivity contribution in [2.75, 3.05) is 18.5 Å². The minimum absolute atomic E-state index is 0.0343. The van der Waals surface area contributed by atoms with E-state index in [9.17, 15) is 18.3 Å². The molecule has 1 aromatic heterocycles. The summed E-state index contributed by atoms with van der Waals surface area (Å²) in [5, 5.41) is 12.2. The van der Waals surface area contributed by atoms with Gasteiger partial charge in [-0.1, -0.05) is 0 Å². The van der Waals surface area contributed by atoms with Crippen LogP contribution in [0.3, 0.4) is 0 Å². The Bertz CT molecular complexity index is 599. The first-order chi connectivity index (χ1) is 11.2. The molecule has 3 rings (SSSR count). The van der Waals surface area contributed by atoms with E-state index in [1.165, 1.54) is 6.20 Å². The number of hydrogen-bond donors (Lipinski definition) is 2. The third-order valence-corrected chi connectivity index (χ3v) is 3.85. The molecule has 0 aliphatic carbocycles. The molecular formula is C14H18F3N3O4. The molecule has 0 amide bonds. The quantitative estimate of drug-likeness (QED) is 0.848. The van der Waals surface area contributed by atoms with Gasteiger partial charge in [-0.3, -0.25) is 4.98 Å². The van der Waals surface area contributed by atoms with Crippen molar-refractivity contribution in [3.63, 3.8) is 0 Å². The molecule has 2 N–H and O–H groups in total. The van der Waals surface area contributed by atoms with Gasteiger partial charge in [-0.2, -0.15) is 13.2 Å². The van der Waals surface area contributed by atoms with E-state index in [0.29, 0.717) is 6.20 Å². The predicted molar refractivity (Wildman–Crippen MR) is 75.1 cm³/mol. The molecule has 2 aliphatic rings. The Kier molecular flexibility index (Phi) is 4.41. The van der Waals surface area contributed by atoms with Gasteiger partial charge >= 0.3 is 6.18 Å². The van der Waals surface area contributed by atoms with Crippen LogP contribution in [0, 0.1) is 0 Å². The number of nitrogens with zero attached hydrogens (tertiary/aromatic N) is 2. The number of alkyl halides is 3. The van der Waals surface area contributed by atoms with E-state index < -0.39 is 42.0 Å². The van der Waals surface area contributed by atoms with Gasteiger partial charge in [-0.15, -0.1) is 0 Å². The zero-order valence-corrected chi connectivity index (χ0v) is 13.1. The number of aliphatic hydroxyl groups excluding tert-OH is 1. The number of anilines is 1. The molecule has 0 aromatic carbocycles. The molecule has 134 valence electrons. The fraction of sp³-hybridized carbons (Fsp3) is 0.714. The van der Waals surface area contributed by atoms with Crippen molar-refractivity contribution in [1.29, 1.82) is 0 Å². The van der Waals surface area contributed by atoms with Crippen LogP contribution in [-0.2, 0) is 20.4 Å². The summed E-state index contributed by atoms with van der Waals surface area (Å²) in [6, 6.07) is -0.489. The lowest BCUT2D eigenvalue weighted by Crippen LogP contribution is -2.55. The van der Waals surface area contributed by atoms with Crippen LogP contribution in [0.2, 0.25) is 0 Å². The molecule has 1 aromatic rings. The second-order valence-corrected chi connectivity index (χ2v) is 6.16. The molecule has 4 atom stereocenters. The van der Waals surface area contributed by atoms with Crippen LogP contribution in [0.4, 0.5) is 19.0 Å². The Morgan fingerprint density at radius 1 is 1.29 bits per heavy atom. The van der Waals surface area contributed by atoms with Crippen molar-refractivity contribution < 1.29 is 32.5 Å². The van der Waals surface area contributed by atoms with Crippen molar-refractivity contribution in [1.82, 2.24) is 9.97 Å². The van der Waals surface area contributed by atoms with Gasteiger partial charge in [-0.05, 0) is 13.8 Å². The van der Waals surface area contributed by atoms with Crippen molar-refractivity contribution in [2.24, 2.45) is 0 Å². The number of fused-ring (bicyclic) bond motifs is 1. The zero-order valence-electron chi connectivity index (χ0n) is 13.1. The van der Waals surface area contributed by atoms with Gasteiger partial charge in [0.05, 0.1) is 31.6 Å². The fourth-order valence-electron chi connectivity index (χ4n) is 2.88. The molecule has 7 nitrogen and oxygen atoms in total. The van der Waals surface area contributed by atoms with Crippen molar-refractivity contribution in [3.05, 3.63) is 18.1 Å². The standard InChI is InChI=1S/C14H18F3N3O4/c1-13(2)23-11-7(6-22-8(5-21)12(11)24-13)19-10-4-18-3-9(20-10)14(15,16)17/h3-4,7-8,11-12,21H,5-6H2,1-2H3,(H,19,20)/t7?,8-,11-,12+/m1/s1. The minimum atomic E-state index is -4.58. The highest BCUT2D eigenvalue weighted by atomic mass is 19.4. The summed E-state index contributed by atoms with van der Waals surface area (Å²) in [5.41, 5.74) is -1.09. The summed E-state index contributed by atoms with van der Waals surface area (Å²) in [6.07, 6.45) is -4.30. The van der Waals surface area contributed by atoms with Gasteiger partial charge in [-0.25, -0.2) is 4.98 Å². The minimum Gasteiger partial charge on any atom is -0.394 e. The summed E-state index contributed by atoms with van der Waals surface area (Å²) in [5.74, 6) is -0.913. The number of rotatable bonds is 3. The largest absolute Gasteiger partial charge is 0.434 e. The number of aromatic nitrogens is 2. The molecule has 0 spiro atoms. The lowest BCUT2D eigenvalue weighted by Gasteiger charge is -2.36. The molecule has 0 radical (unpaired) electrons. The van der Waals surface area contributed by atoms with Crippen LogP contribution in [0.15, 0.2) is 12.4 Å². The van der Waals surface area contributed by atoms with Gasteiger partial charge in [0.15, 0.2) is 11.5 Å². The van der Waals surface area contributed by atoms with Crippen LogP contribution in [0.1, 0.15) is 19.5 Å². The summed E-state index contributed by atoms with van der Waals surface area (Å²) < 4.78 is 55.3. The first kappa shape index (κ1) is 17.3. The summed E-state index contributed by atoms with van der Waals surface area (Å²) in [4.78, 5) is 7.09. The first-order valence-corrected chi connectivity index (χ1v) is 7.43. The van der Waals surface area contributed by atoms with E-state index in [-0.39, 0.29) is 19.0 Å². The maximum absolute atomic E-state index is 12.7. The smallest absolute Gasteiger partial charge is 0.394 e. The molecule has 0 bridgehead atoms. The lowest BCUT2D eigenvalue weighted by atomic mass is 9.98. The monoisotopic (exact) mass is 349 g/mol. The Morgan fingerprint density at radius 3 is 2.67 bits per heavy atom. The van der Waals surface area contributed by atoms with Crippen molar-refractivity contribution >= 4 is 5.82 Å². The molecule has 2 saturated heterocycles. The fourth-order valence-corrected chi connectivity index (χ4v) is 2.88. The van der Waals surface area contributed by atoms with Crippen molar-refractivity contribution in [3.8, 4) is 0 Å². The maximum atomic E-state index is 12.7. The topological polar surface area (TPSA) is 85.7 Å². The molecule has 3 heterocycles. The first-order valence-electron chi connectivity index (χ1n) is 7.43. The lowest BCUT2D eigenvalue weighted by molar-refractivity contribution is -0.157.